The van der Waals surface area contributed by atoms with Gasteiger partial charge in [-0.15, -0.1) is 0 Å². The molecule has 0 aliphatic carbocycles. The smallest absolute Gasteiger partial charge is 0.180 e. The number of nitrogens with zero attached hydrogens (tertiary/aromatic N) is 1. The minimum Gasteiger partial charge on any atom is -1.00 e. The van der Waals surface area contributed by atoms with Crippen LogP contribution in [0.3, 0.4) is 0 Å². The standard InChI is InChI=1S/C19H23ClN2O3.2ClH/c1-23-18-9-15(11-22-12-16-5-3-7-24-16)8-17(20)19(18)25-13-14-4-2-6-21-10-14;;/h2,4,6,8-10,16,22H,3,5,7,11-13H2,1H3;2*1H/p-2. The Bertz CT molecular complexity index is 683. The molecule has 1 unspecified atom stereocenters. The van der Waals surface area contributed by atoms with Crippen molar-refractivity contribution in [2.75, 3.05) is 20.3 Å². The molecule has 0 radical (unpaired) electrons. The third-order valence-corrected chi connectivity index (χ3v) is 4.40. The highest BCUT2D eigenvalue weighted by atomic mass is 35.5. The maximum absolute atomic E-state index is 6.41. The zero-order valence-corrected chi connectivity index (χ0v) is 17.4. The second-order valence-corrected chi connectivity index (χ2v) is 6.43. The SMILES string of the molecule is COc1cc(CNCC2CCCO2)cc(Cl)c1OCc1cccnc1.[Cl-].[Cl-]. The molecular formula is C19H23Cl3N2O3-2. The molecular weight excluding hydrogens is 411 g/mol. The number of rotatable bonds is 8. The van der Waals surface area contributed by atoms with Crippen molar-refractivity contribution >= 4 is 11.6 Å². The zero-order chi connectivity index (χ0) is 17.5. The Morgan fingerprint density at radius 2 is 2.15 bits per heavy atom. The molecule has 1 aliphatic heterocycles. The van der Waals surface area contributed by atoms with Gasteiger partial charge in [-0.1, -0.05) is 17.7 Å². The molecule has 0 saturated carbocycles. The summed E-state index contributed by atoms with van der Waals surface area (Å²) in [5, 5.41) is 3.95. The molecule has 27 heavy (non-hydrogen) atoms. The highest BCUT2D eigenvalue weighted by Gasteiger charge is 2.16. The van der Waals surface area contributed by atoms with E-state index in [1.54, 1.807) is 19.5 Å². The number of hydrogen-bond donors (Lipinski definition) is 1. The Labute approximate surface area is 177 Å². The van der Waals surface area contributed by atoms with Gasteiger partial charge < -0.3 is 44.3 Å². The summed E-state index contributed by atoms with van der Waals surface area (Å²) in [6.45, 7) is 2.81. The normalized spacial score (nSPS) is 15.6. The minimum absolute atomic E-state index is 0. The van der Waals surface area contributed by atoms with E-state index in [2.05, 4.69) is 10.3 Å². The Kier molecular flexibility index (Phi) is 10.8. The summed E-state index contributed by atoms with van der Waals surface area (Å²) in [5.74, 6) is 1.18. The molecule has 1 aliphatic rings. The van der Waals surface area contributed by atoms with Gasteiger partial charge in [-0.2, -0.15) is 0 Å². The van der Waals surface area contributed by atoms with Crippen LogP contribution in [0.15, 0.2) is 36.7 Å². The van der Waals surface area contributed by atoms with E-state index in [-0.39, 0.29) is 24.8 Å². The molecule has 1 N–H and O–H groups in total. The highest BCUT2D eigenvalue weighted by Crippen LogP contribution is 2.37. The lowest BCUT2D eigenvalue weighted by Crippen LogP contribution is -3.00. The van der Waals surface area contributed by atoms with Crippen LogP contribution in [-0.2, 0) is 17.9 Å². The fraction of sp³-hybridized carbons (Fsp3) is 0.421. The van der Waals surface area contributed by atoms with Gasteiger partial charge in [0.25, 0.3) is 0 Å². The van der Waals surface area contributed by atoms with Crippen molar-refractivity contribution < 1.29 is 39.0 Å². The lowest BCUT2D eigenvalue weighted by atomic mass is 10.2. The first-order valence-electron chi connectivity index (χ1n) is 8.46. The second kappa shape index (κ2) is 12.3. The summed E-state index contributed by atoms with van der Waals surface area (Å²) in [6.07, 6.45) is 6.09. The number of nitrogens with one attached hydrogen (secondary N) is 1. The molecule has 1 aromatic heterocycles. The molecule has 0 amide bonds. The first kappa shape index (κ1) is 23.8. The summed E-state index contributed by atoms with van der Waals surface area (Å²) in [5.41, 5.74) is 2.02. The van der Waals surface area contributed by atoms with Crippen LogP contribution in [0.5, 0.6) is 11.5 Å². The van der Waals surface area contributed by atoms with Crippen molar-refractivity contribution in [3.63, 3.8) is 0 Å². The summed E-state index contributed by atoms with van der Waals surface area (Å²) in [6, 6.07) is 7.69. The molecule has 0 bridgehead atoms. The van der Waals surface area contributed by atoms with Gasteiger partial charge in [-0.05, 0) is 36.6 Å². The number of ether oxygens (including phenoxy) is 3. The fourth-order valence-electron chi connectivity index (χ4n) is 2.84. The third kappa shape index (κ3) is 7.01. The largest absolute Gasteiger partial charge is 1.00 e. The number of benzene rings is 1. The van der Waals surface area contributed by atoms with Crippen LogP contribution in [0.2, 0.25) is 5.02 Å². The van der Waals surface area contributed by atoms with Gasteiger partial charge >= 0.3 is 0 Å². The first-order chi connectivity index (χ1) is 12.3. The molecule has 2 heterocycles. The van der Waals surface area contributed by atoms with Crippen molar-refractivity contribution in [3.05, 3.63) is 52.8 Å². The van der Waals surface area contributed by atoms with E-state index in [4.69, 9.17) is 25.8 Å². The Morgan fingerprint density at radius 3 is 2.81 bits per heavy atom. The average molecular weight is 434 g/mol. The maximum Gasteiger partial charge on any atom is 0.180 e. The Morgan fingerprint density at radius 1 is 1.30 bits per heavy atom. The Balaban J connectivity index is 0.00000182. The van der Waals surface area contributed by atoms with E-state index >= 15 is 0 Å². The minimum atomic E-state index is 0. The van der Waals surface area contributed by atoms with Gasteiger partial charge in [0, 0.05) is 37.7 Å². The predicted octanol–water partition coefficient (Wildman–Crippen LogP) is -2.40. The maximum atomic E-state index is 6.41. The van der Waals surface area contributed by atoms with E-state index < -0.39 is 0 Å². The lowest BCUT2D eigenvalue weighted by molar-refractivity contribution is -0.001000. The summed E-state index contributed by atoms with van der Waals surface area (Å²) in [7, 11) is 1.62. The van der Waals surface area contributed by atoms with Crippen LogP contribution in [0.1, 0.15) is 24.0 Å². The van der Waals surface area contributed by atoms with Crippen LogP contribution in [0.25, 0.3) is 0 Å². The molecule has 8 heteroatoms. The zero-order valence-electron chi connectivity index (χ0n) is 15.1. The number of halogens is 3. The molecule has 150 valence electrons. The van der Waals surface area contributed by atoms with Crippen molar-refractivity contribution in [1.82, 2.24) is 10.3 Å². The first-order valence-corrected chi connectivity index (χ1v) is 8.84. The topological polar surface area (TPSA) is 52.6 Å². The average Bonchev–Trinajstić information content (AvgIpc) is 3.15. The monoisotopic (exact) mass is 432 g/mol. The molecule has 5 nitrogen and oxygen atoms in total. The van der Waals surface area contributed by atoms with Crippen LogP contribution in [0, 0.1) is 0 Å². The molecule has 2 aromatic rings. The summed E-state index contributed by atoms with van der Waals surface area (Å²) in [4.78, 5) is 4.08. The number of aromatic nitrogens is 1. The van der Waals surface area contributed by atoms with Crippen molar-refractivity contribution in [3.8, 4) is 11.5 Å². The van der Waals surface area contributed by atoms with Crippen LogP contribution < -0.4 is 39.6 Å². The van der Waals surface area contributed by atoms with Gasteiger partial charge in [-0.25, -0.2) is 0 Å². The van der Waals surface area contributed by atoms with Gasteiger partial charge in [0.1, 0.15) is 6.61 Å². The van der Waals surface area contributed by atoms with E-state index in [1.165, 1.54) is 0 Å². The van der Waals surface area contributed by atoms with E-state index in [1.807, 2.05) is 24.3 Å². The predicted molar refractivity (Wildman–Crippen MR) is 97.3 cm³/mol. The Hall–Kier alpha value is -1.24. The van der Waals surface area contributed by atoms with E-state index in [9.17, 15) is 0 Å². The quantitative estimate of drug-likeness (QED) is 0.503. The van der Waals surface area contributed by atoms with E-state index in [0.29, 0.717) is 35.8 Å². The van der Waals surface area contributed by atoms with Crippen molar-refractivity contribution in [1.29, 1.82) is 0 Å². The van der Waals surface area contributed by atoms with E-state index in [0.717, 1.165) is 37.1 Å². The van der Waals surface area contributed by atoms with Gasteiger partial charge in [0.15, 0.2) is 11.5 Å². The molecule has 1 aromatic carbocycles. The lowest BCUT2D eigenvalue weighted by Gasteiger charge is -2.15. The molecule has 1 saturated heterocycles. The third-order valence-electron chi connectivity index (χ3n) is 4.12. The second-order valence-electron chi connectivity index (χ2n) is 6.02. The van der Waals surface area contributed by atoms with Gasteiger partial charge in [-0.3, -0.25) is 4.98 Å². The number of methoxy groups -OCH3 is 1. The van der Waals surface area contributed by atoms with Crippen LogP contribution in [0.4, 0.5) is 0 Å². The molecule has 1 fully saturated rings. The number of pyridine rings is 1. The van der Waals surface area contributed by atoms with Crippen LogP contribution >= 0.6 is 11.6 Å². The summed E-state index contributed by atoms with van der Waals surface area (Å²) < 4.78 is 16.9. The van der Waals surface area contributed by atoms with Crippen molar-refractivity contribution in [2.45, 2.75) is 32.1 Å². The van der Waals surface area contributed by atoms with Crippen molar-refractivity contribution in [2.24, 2.45) is 0 Å². The molecule has 0 spiro atoms. The highest BCUT2D eigenvalue weighted by molar-refractivity contribution is 6.32. The van der Waals surface area contributed by atoms with Crippen LogP contribution in [-0.4, -0.2) is 31.3 Å². The molecule has 3 rings (SSSR count). The fourth-order valence-corrected chi connectivity index (χ4v) is 3.13. The van der Waals surface area contributed by atoms with Gasteiger partial charge in [0.2, 0.25) is 0 Å². The van der Waals surface area contributed by atoms with Gasteiger partial charge in [0.05, 0.1) is 18.2 Å². The molecule has 1 atom stereocenters. The number of hydrogen-bond acceptors (Lipinski definition) is 5. The summed E-state index contributed by atoms with van der Waals surface area (Å²) >= 11 is 6.41.